The van der Waals surface area contributed by atoms with E-state index in [2.05, 4.69) is 9.80 Å². The van der Waals surface area contributed by atoms with E-state index in [0.717, 1.165) is 38.6 Å². The molecule has 0 aromatic heterocycles. The van der Waals surface area contributed by atoms with Crippen molar-refractivity contribution in [1.82, 2.24) is 9.80 Å². The molecule has 1 amide bonds. The molecular formula is C22H32N4O4. The summed E-state index contributed by atoms with van der Waals surface area (Å²) in [4.78, 5) is 30.4. The number of amides is 1. The topological polar surface area (TPSA) is 79.2 Å². The molecular weight excluding hydrogens is 384 g/mol. The number of rotatable bonds is 5. The minimum Gasteiger partial charge on any atom is -0.378 e. The molecule has 0 unspecified atom stereocenters. The van der Waals surface area contributed by atoms with Gasteiger partial charge in [-0.1, -0.05) is 19.3 Å². The number of ether oxygens (including phenoxy) is 1. The molecule has 1 aromatic rings. The summed E-state index contributed by atoms with van der Waals surface area (Å²) >= 11 is 0. The Labute approximate surface area is 177 Å². The van der Waals surface area contributed by atoms with E-state index in [0.29, 0.717) is 37.6 Å². The average molecular weight is 417 g/mol. The van der Waals surface area contributed by atoms with E-state index in [1.807, 2.05) is 0 Å². The van der Waals surface area contributed by atoms with Gasteiger partial charge in [-0.25, -0.2) is 0 Å². The molecule has 2 saturated heterocycles. The number of nitro groups is 1. The van der Waals surface area contributed by atoms with Crippen molar-refractivity contribution in [2.75, 3.05) is 63.9 Å². The third-order valence-corrected chi connectivity index (χ3v) is 6.67. The van der Waals surface area contributed by atoms with Crippen molar-refractivity contribution in [2.45, 2.75) is 32.1 Å². The molecule has 0 atom stereocenters. The smallest absolute Gasteiger partial charge is 0.293 e. The van der Waals surface area contributed by atoms with Crippen molar-refractivity contribution in [3.05, 3.63) is 33.9 Å². The van der Waals surface area contributed by atoms with Gasteiger partial charge in [-0.2, -0.15) is 0 Å². The highest BCUT2D eigenvalue weighted by Gasteiger charge is 2.27. The summed E-state index contributed by atoms with van der Waals surface area (Å²) in [7, 11) is 0. The van der Waals surface area contributed by atoms with E-state index in [4.69, 9.17) is 4.74 Å². The highest BCUT2D eigenvalue weighted by atomic mass is 16.6. The fraction of sp³-hybridized carbons (Fsp3) is 0.682. The number of nitro benzene ring substituents is 1. The number of morpholine rings is 1. The van der Waals surface area contributed by atoms with Crippen LogP contribution in [0.5, 0.6) is 0 Å². The van der Waals surface area contributed by atoms with E-state index in [9.17, 15) is 14.9 Å². The van der Waals surface area contributed by atoms with Crippen LogP contribution in [0.2, 0.25) is 0 Å². The van der Waals surface area contributed by atoms with Crippen LogP contribution in [0.25, 0.3) is 0 Å². The van der Waals surface area contributed by atoms with E-state index in [1.165, 1.54) is 38.2 Å². The molecule has 1 aromatic carbocycles. The molecule has 4 rings (SSSR count). The Morgan fingerprint density at radius 1 is 1.03 bits per heavy atom. The molecule has 1 saturated carbocycles. The number of hydrogen-bond donors (Lipinski definition) is 0. The first kappa shape index (κ1) is 21.1. The molecule has 30 heavy (non-hydrogen) atoms. The minimum absolute atomic E-state index is 0.0230. The summed E-state index contributed by atoms with van der Waals surface area (Å²) in [6, 6.07) is 4.93. The van der Waals surface area contributed by atoms with Crippen molar-refractivity contribution in [3.8, 4) is 0 Å². The van der Waals surface area contributed by atoms with Crippen LogP contribution in [0, 0.1) is 16.0 Å². The maximum absolute atomic E-state index is 12.7. The quantitative estimate of drug-likeness (QED) is 0.543. The molecule has 2 aliphatic heterocycles. The summed E-state index contributed by atoms with van der Waals surface area (Å²) in [5.41, 5.74) is 1.02. The first-order chi connectivity index (χ1) is 14.6. The van der Waals surface area contributed by atoms with E-state index < -0.39 is 0 Å². The molecule has 3 aliphatic rings. The monoisotopic (exact) mass is 416 g/mol. The summed E-state index contributed by atoms with van der Waals surface area (Å²) in [6.07, 6.45) is 6.76. The maximum atomic E-state index is 12.7. The summed E-state index contributed by atoms with van der Waals surface area (Å²) in [6.45, 7) is 6.66. The lowest BCUT2D eigenvalue weighted by Gasteiger charge is -2.38. The number of benzene rings is 1. The number of piperazine rings is 1. The van der Waals surface area contributed by atoms with E-state index in [-0.39, 0.29) is 16.5 Å². The van der Waals surface area contributed by atoms with Crippen molar-refractivity contribution < 1.29 is 14.5 Å². The van der Waals surface area contributed by atoms with E-state index >= 15 is 0 Å². The van der Waals surface area contributed by atoms with Gasteiger partial charge in [-0.3, -0.25) is 19.8 Å². The molecule has 3 fully saturated rings. The third kappa shape index (κ3) is 4.92. The Balaban J connectivity index is 1.41. The van der Waals surface area contributed by atoms with Crippen LogP contribution < -0.4 is 4.90 Å². The Morgan fingerprint density at radius 2 is 1.73 bits per heavy atom. The van der Waals surface area contributed by atoms with Crippen molar-refractivity contribution in [3.63, 3.8) is 0 Å². The fourth-order valence-electron chi connectivity index (χ4n) is 4.93. The van der Waals surface area contributed by atoms with Crippen molar-refractivity contribution in [1.29, 1.82) is 0 Å². The van der Waals surface area contributed by atoms with Crippen LogP contribution in [-0.2, 0) is 4.74 Å². The second-order valence-corrected chi connectivity index (χ2v) is 8.66. The van der Waals surface area contributed by atoms with Gasteiger partial charge in [0.1, 0.15) is 5.69 Å². The number of nitrogens with zero attached hydrogens (tertiary/aromatic N) is 4. The molecule has 0 radical (unpaired) electrons. The second-order valence-electron chi connectivity index (χ2n) is 8.66. The van der Waals surface area contributed by atoms with Gasteiger partial charge in [0.05, 0.1) is 18.1 Å². The number of anilines is 1. The summed E-state index contributed by atoms with van der Waals surface area (Å²) < 4.78 is 5.29. The zero-order valence-corrected chi connectivity index (χ0v) is 17.6. The molecule has 164 valence electrons. The Kier molecular flexibility index (Phi) is 6.84. The summed E-state index contributed by atoms with van der Waals surface area (Å²) in [5, 5.41) is 11.8. The molecule has 0 bridgehead atoms. The van der Waals surface area contributed by atoms with Gasteiger partial charge in [-0.15, -0.1) is 0 Å². The largest absolute Gasteiger partial charge is 0.378 e. The molecule has 8 nitrogen and oxygen atoms in total. The number of hydrogen-bond acceptors (Lipinski definition) is 6. The molecule has 0 spiro atoms. The number of carbonyl (C=O) groups excluding carboxylic acids is 1. The van der Waals surface area contributed by atoms with Gasteiger partial charge in [0.25, 0.3) is 11.6 Å². The van der Waals surface area contributed by atoms with Crippen LogP contribution in [0.3, 0.4) is 0 Å². The van der Waals surface area contributed by atoms with Crippen molar-refractivity contribution >= 4 is 17.3 Å². The Hall–Kier alpha value is -2.19. The Morgan fingerprint density at radius 3 is 2.40 bits per heavy atom. The van der Waals surface area contributed by atoms with Gasteiger partial charge in [0.2, 0.25) is 0 Å². The van der Waals surface area contributed by atoms with E-state index in [1.54, 1.807) is 17.0 Å². The van der Waals surface area contributed by atoms with Crippen LogP contribution in [0.15, 0.2) is 18.2 Å². The number of carbonyl (C=O) groups is 1. The molecule has 8 heteroatoms. The van der Waals surface area contributed by atoms with Crippen molar-refractivity contribution in [2.24, 2.45) is 5.92 Å². The molecule has 1 aliphatic carbocycles. The van der Waals surface area contributed by atoms with Crippen LogP contribution in [-0.4, -0.2) is 79.7 Å². The normalized spacial score (nSPS) is 21.6. The Bertz CT molecular complexity index is 752. The lowest BCUT2D eigenvalue weighted by molar-refractivity contribution is -0.384. The minimum atomic E-state index is -0.361. The molecule has 2 heterocycles. The van der Waals surface area contributed by atoms with Crippen LogP contribution in [0.1, 0.15) is 42.5 Å². The maximum Gasteiger partial charge on any atom is 0.293 e. The van der Waals surface area contributed by atoms with Gasteiger partial charge in [-0.05, 0) is 30.9 Å². The SMILES string of the molecule is O=C(c1ccc(N2CCN(CC3CCCCC3)CC2)c([N+](=O)[O-])c1)N1CCOCC1. The fourth-order valence-corrected chi connectivity index (χ4v) is 4.93. The third-order valence-electron chi connectivity index (χ3n) is 6.67. The van der Waals surface area contributed by atoms with Gasteiger partial charge >= 0.3 is 0 Å². The lowest BCUT2D eigenvalue weighted by Crippen LogP contribution is -2.48. The van der Waals surface area contributed by atoms with Gasteiger partial charge in [0.15, 0.2) is 0 Å². The van der Waals surface area contributed by atoms with Crippen LogP contribution in [0.4, 0.5) is 11.4 Å². The first-order valence-corrected chi connectivity index (χ1v) is 11.2. The standard InChI is InChI=1S/C22H32N4O4/c27-22(25-12-14-30-15-13-25)19-6-7-20(21(16-19)26(28)29)24-10-8-23(9-11-24)17-18-4-2-1-3-5-18/h6-7,16,18H,1-5,8-15,17H2. The first-order valence-electron chi connectivity index (χ1n) is 11.2. The zero-order valence-electron chi connectivity index (χ0n) is 17.6. The zero-order chi connectivity index (χ0) is 20.9. The average Bonchev–Trinajstić information content (AvgIpc) is 2.80. The van der Waals surface area contributed by atoms with Gasteiger partial charge < -0.3 is 14.5 Å². The van der Waals surface area contributed by atoms with Gasteiger partial charge in [0, 0.05) is 57.4 Å². The second kappa shape index (κ2) is 9.75. The predicted molar refractivity (Wildman–Crippen MR) is 115 cm³/mol. The van der Waals surface area contributed by atoms with Crippen LogP contribution >= 0.6 is 0 Å². The predicted octanol–water partition coefficient (Wildman–Crippen LogP) is 2.77. The lowest BCUT2D eigenvalue weighted by atomic mass is 9.89. The highest BCUT2D eigenvalue weighted by Crippen LogP contribution is 2.31. The summed E-state index contributed by atoms with van der Waals surface area (Å²) in [5.74, 6) is 0.648. The molecule has 0 N–H and O–H groups in total. The highest BCUT2D eigenvalue weighted by molar-refractivity contribution is 5.96.